The molecule has 0 saturated carbocycles. The fourth-order valence-electron chi connectivity index (χ4n) is 3.18. The van der Waals surface area contributed by atoms with Crippen molar-refractivity contribution in [1.82, 2.24) is 25.9 Å². The van der Waals surface area contributed by atoms with Crippen molar-refractivity contribution >= 4 is 35.5 Å². The van der Waals surface area contributed by atoms with Crippen LogP contribution in [0.1, 0.15) is 45.2 Å². The number of nitrogens with zero attached hydrogens (tertiary/aromatic N) is 1. The molecule has 0 bridgehead atoms. The number of aliphatic carboxylic acids is 1. The van der Waals surface area contributed by atoms with Gasteiger partial charge in [0.25, 0.3) is 0 Å². The lowest BCUT2D eigenvalue weighted by Gasteiger charge is -2.26. The van der Waals surface area contributed by atoms with Crippen molar-refractivity contribution in [3.63, 3.8) is 0 Å². The van der Waals surface area contributed by atoms with E-state index in [1.807, 2.05) is 0 Å². The number of nitrogens with two attached hydrogens (primary N) is 3. The smallest absolute Gasteiger partial charge is 0.326 e. The molecule has 0 saturated heterocycles. The Labute approximate surface area is 207 Å². The molecule has 11 N–H and O–H groups in total. The number of H-pyrrole nitrogens is 1. The molecule has 15 heteroatoms. The summed E-state index contributed by atoms with van der Waals surface area (Å²) in [5.74, 6) is -5.73. The molecule has 0 aliphatic rings. The Kier molecular flexibility index (Phi) is 12.0. The van der Waals surface area contributed by atoms with E-state index < -0.39 is 72.0 Å². The fourth-order valence-corrected chi connectivity index (χ4v) is 3.18. The molecular formula is C21H34N8O7. The Balaban J connectivity index is 3.12. The van der Waals surface area contributed by atoms with Gasteiger partial charge in [0, 0.05) is 24.7 Å². The summed E-state index contributed by atoms with van der Waals surface area (Å²) in [5.41, 5.74) is 16.3. The molecule has 5 amide bonds. The second-order valence-corrected chi connectivity index (χ2v) is 8.40. The quantitative estimate of drug-likeness (QED) is 0.112. The molecule has 36 heavy (non-hydrogen) atoms. The first-order valence-corrected chi connectivity index (χ1v) is 11.3. The van der Waals surface area contributed by atoms with Gasteiger partial charge in [0.1, 0.15) is 18.1 Å². The van der Waals surface area contributed by atoms with Gasteiger partial charge in [-0.3, -0.25) is 24.0 Å². The third-order valence-corrected chi connectivity index (χ3v) is 5.46. The van der Waals surface area contributed by atoms with Gasteiger partial charge in [0.15, 0.2) is 0 Å². The van der Waals surface area contributed by atoms with Crippen LogP contribution in [0.4, 0.5) is 0 Å². The minimum Gasteiger partial charge on any atom is -0.480 e. The van der Waals surface area contributed by atoms with Gasteiger partial charge in [-0.2, -0.15) is 0 Å². The highest BCUT2D eigenvalue weighted by Crippen LogP contribution is 2.10. The second-order valence-electron chi connectivity index (χ2n) is 8.40. The van der Waals surface area contributed by atoms with Crippen LogP contribution in [0.25, 0.3) is 0 Å². The molecule has 0 spiro atoms. The Morgan fingerprint density at radius 3 is 2.11 bits per heavy atom. The van der Waals surface area contributed by atoms with Crippen molar-refractivity contribution in [3.8, 4) is 0 Å². The lowest BCUT2D eigenvalue weighted by atomic mass is 9.98. The normalized spacial score (nSPS) is 15.0. The standard InChI is InChI=1S/C21H34N8O7/c1-3-10(2)17(21(35)36)29-20(34)14(6-11-8-25-9-26-11)28-19(33)13(4-5-15(23)30)27-18(32)12(22)7-16(24)31/h8-10,12-14,17H,3-7,22H2,1-2H3,(H2,23,30)(H2,24,31)(H,25,26)(H,27,32)(H,28,33)(H,29,34)(H,35,36). The summed E-state index contributed by atoms with van der Waals surface area (Å²) in [6, 6.07) is -5.16. The second kappa shape index (κ2) is 14.4. The number of carbonyl (C=O) groups is 6. The van der Waals surface area contributed by atoms with E-state index in [0.717, 1.165) is 0 Å². The van der Waals surface area contributed by atoms with Gasteiger partial charge in [-0.1, -0.05) is 20.3 Å². The zero-order chi connectivity index (χ0) is 27.4. The van der Waals surface area contributed by atoms with Gasteiger partial charge in [0.05, 0.1) is 18.8 Å². The van der Waals surface area contributed by atoms with E-state index in [1.165, 1.54) is 12.5 Å². The van der Waals surface area contributed by atoms with Gasteiger partial charge in [-0.25, -0.2) is 9.78 Å². The number of aromatic nitrogens is 2. The fraction of sp³-hybridized carbons (Fsp3) is 0.571. The Bertz CT molecular complexity index is 937. The number of hydrogen-bond acceptors (Lipinski definition) is 8. The van der Waals surface area contributed by atoms with E-state index in [0.29, 0.717) is 12.1 Å². The predicted molar refractivity (Wildman–Crippen MR) is 125 cm³/mol. The number of rotatable bonds is 16. The van der Waals surface area contributed by atoms with Crippen LogP contribution >= 0.6 is 0 Å². The summed E-state index contributed by atoms with van der Waals surface area (Å²) >= 11 is 0. The SMILES string of the molecule is CCC(C)C(NC(=O)C(Cc1cnc[nH]1)NC(=O)C(CCC(N)=O)NC(=O)C(N)CC(N)=O)C(=O)O. The number of carboxylic acid groups (broad SMARTS) is 1. The third-order valence-electron chi connectivity index (χ3n) is 5.46. The van der Waals surface area contributed by atoms with Gasteiger partial charge in [-0.05, 0) is 12.3 Å². The molecule has 0 aliphatic carbocycles. The minimum atomic E-state index is -1.35. The van der Waals surface area contributed by atoms with E-state index >= 15 is 0 Å². The highest BCUT2D eigenvalue weighted by molar-refractivity contribution is 5.95. The van der Waals surface area contributed by atoms with Crippen molar-refractivity contribution in [2.45, 2.75) is 70.1 Å². The highest BCUT2D eigenvalue weighted by Gasteiger charge is 2.32. The zero-order valence-corrected chi connectivity index (χ0v) is 20.2. The number of carboxylic acids is 1. The maximum absolute atomic E-state index is 13.1. The van der Waals surface area contributed by atoms with E-state index in [9.17, 15) is 33.9 Å². The Morgan fingerprint density at radius 1 is 1.00 bits per heavy atom. The molecule has 5 unspecified atom stereocenters. The summed E-state index contributed by atoms with van der Waals surface area (Å²) < 4.78 is 0. The molecule has 1 aromatic heterocycles. The maximum Gasteiger partial charge on any atom is 0.326 e. The van der Waals surface area contributed by atoms with Crippen molar-refractivity contribution in [2.24, 2.45) is 23.1 Å². The van der Waals surface area contributed by atoms with Gasteiger partial charge >= 0.3 is 5.97 Å². The first-order valence-electron chi connectivity index (χ1n) is 11.3. The number of hydrogen-bond donors (Lipinski definition) is 8. The average molecular weight is 511 g/mol. The number of amides is 5. The summed E-state index contributed by atoms with van der Waals surface area (Å²) in [5, 5.41) is 16.8. The zero-order valence-electron chi connectivity index (χ0n) is 20.2. The van der Waals surface area contributed by atoms with Crippen molar-refractivity contribution < 1.29 is 33.9 Å². The van der Waals surface area contributed by atoms with Crippen LogP contribution in [-0.4, -0.2) is 74.7 Å². The molecular weight excluding hydrogens is 476 g/mol. The predicted octanol–water partition coefficient (Wildman–Crippen LogP) is -2.99. The molecule has 1 heterocycles. The average Bonchev–Trinajstić information content (AvgIpc) is 3.31. The van der Waals surface area contributed by atoms with E-state index in [-0.39, 0.29) is 19.3 Å². The first-order chi connectivity index (χ1) is 16.8. The lowest BCUT2D eigenvalue weighted by Crippen LogP contribution is -2.58. The molecule has 5 atom stereocenters. The van der Waals surface area contributed by atoms with Gasteiger partial charge in [-0.15, -0.1) is 0 Å². The Morgan fingerprint density at radius 2 is 1.61 bits per heavy atom. The Hall–Kier alpha value is -4.01. The molecule has 0 aromatic carbocycles. The van der Waals surface area contributed by atoms with Crippen LogP contribution in [-0.2, 0) is 35.2 Å². The molecule has 15 nitrogen and oxygen atoms in total. The number of aromatic amines is 1. The lowest BCUT2D eigenvalue weighted by molar-refractivity contribution is -0.143. The van der Waals surface area contributed by atoms with Crippen LogP contribution in [0.2, 0.25) is 0 Å². The van der Waals surface area contributed by atoms with Crippen LogP contribution in [0.15, 0.2) is 12.5 Å². The van der Waals surface area contributed by atoms with Gasteiger partial charge < -0.3 is 43.2 Å². The van der Waals surface area contributed by atoms with E-state index in [1.54, 1.807) is 13.8 Å². The summed E-state index contributed by atoms with van der Waals surface area (Å²) in [7, 11) is 0. The molecule has 1 aromatic rings. The number of primary amides is 2. The number of carbonyl (C=O) groups excluding carboxylic acids is 5. The third kappa shape index (κ3) is 10.1. The van der Waals surface area contributed by atoms with Crippen molar-refractivity contribution in [3.05, 3.63) is 18.2 Å². The number of imidazole rings is 1. The maximum atomic E-state index is 13.1. The monoisotopic (exact) mass is 510 g/mol. The van der Waals surface area contributed by atoms with Crippen LogP contribution < -0.4 is 33.2 Å². The topological polar surface area (TPSA) is 265 Å². The first kappa shape index (κ1) is 30.0. The molecule has 0 fully saturated rings. The number of nitrogens with one attached hydrogen (secondary N) is 4. The molecule has 0 radical (unpaired) electrons. The van der Waals surface area contributed by atoms with Crippen LogP contribution in [0.5, 0.6) is 0 Å². The summed E-state index contributed by atoms with van der Waals surface area (Å²) in [6.07, 6.45) is 2.19. The molecule has 1 rings (SSSR count). The van der Waals surface area contributed by atoms with Gasteiger partial charge in [0.2, 0.25) is 29.5 Å². The van der Waals surface area contributed by atoms with Crippen molar-refractivity contribution in [2.75, 3.05) is 0 Å². The summed E-state index contributed by atoms with van der Waals surface area (Å²) in [4.78, 5) is 79.1. The van der Waals surface area contributed by atoms with Crippen LogP contribution in [0.3, 0.4) is 0 Å². The van der Waals surface area contributed by atoms with E-state index in [2.05, 4.69) is 25.9 Å². The summed E-state index contributed by atoms with van der Waals surface area (Å²) in [6.45, 7) is 3.43. The largest absolute Gasteiger partial charge is 0.480 e. The van der Waals surface area contributed by atoms with E-state index in [4.69, 9.17) is 17.2 Å². The highest BCUT2D eigenvalue weighted by atomic mass is 16.4. The van der Waals surface area contributed by atoms with Crippen LogP contribution in [0, 0.1) is 5.92 Å². The molecule has 0 aliphatic heterocycles. The minimum absolute atomic E-state index is 0.0813. The van der Waals surface area contributed by atoms with Crippen molar-refractivity contribution in [1.29, 1.82) is 0 Å². The molecule has 200 valence electrons.